The van der Waals surface area contributed by atoms with Crippen LogP contribution < -0.4 is 5.73 Å². The molecule has 2 heteroatoms. The Balaban J connectivity index is 4.83. The Hall–Kier alpha value is -0.340. The predicted molar refractivity (Wildman–Crippen MR) is 78.3 cm³/mol. The third-order valence-electron chi connectivity index (χ3n) is 4.19. The molecule has 0 fully saturated rings. The molecule has 0 radical (unpaired) electrons. The van der Waals surface area contributed by atoms with Gasteiger partial charge in [0.1, 0.15) is 0 Å². The first-order valence-electron chi connectivity index (χ1n) is 7.13. The lowest BCUT2D eigenvalue weighted by atomic mass is 9.80. The number of nitrogens with two attached hydrogens (primary N) is 1. The van der Waals surface area contributed by atoms with Crippen molar-refractivity contribution < 1.29 is 0 Å². The summed E-state index contributed by atoms with van der Waals surface area (Å²) in [6, 6.07) is 0.245. The van der Waals surface area contributed by atoms with Gasteiger partial charge in [-0.05, 0) is 45.7 Å². The molecule has 102 valence electrons. The van der Waals surface area contributed by atoms with E-state index in [4.69, 9.17) is 5.73 Å². The van der Waals surface area contributed by atoms with Gasteiger partial charge in [-0.2, -0.15) is 0 Å². The second-order valence-electron chi connectivity index (χ2n) is 5.09. The van der Waals surface area contributed by atoms with Gasteiger partial charge in [0.2, 0.25) is 0 Å². The summed E-state index contributed by atoms with van der Waals surface area (Å²) in [7, 11) is 0. The molecule has 0 rings (SSSR count). The van der Waals surface area contributed by atoms with Crippen molar-refractivity contribution in [1.29, 1.82) is 0 Å². The summed E-state index contributed by atoms with van der Waals surface area (Å²) in [5.74, 6) is 0. The summed E-state index contributed by atoms with van der Waals surface area (Å²) >= 11 is 0. The van der Waals surface area contributed by atoms with E-state index in [0.29, 0.717) is 0 Å². The van der Waals surface area contributed by atoms with E-state index >= 15 is 0 Å². The van der Waals surface area contributed by atoms with Crippen LogP contribution in [0.15, 0.2) is 12.2 Å². The van der Waals surface area contributed by atoms with Crippen LogP contribution in [0.25, 0.3) is 0 Å². The lowest BCUT2D eigenvalue weighted by Crippen LogP contribution is -2.59. The van der Waals surface area contributed by atoms with Crippen molar-refractivity contribution in [2.45, 2.75) is 71.9 Å². The molecule has 0 aromatic rings. The Morgan fingerprint density at radius 3 is 1.94 bits per heavy atom. The summed E-state index contributed by atoms with van der Waals surface area (Å²) in [4.78, 5) is 2.54. The molecule has 17 heavy (non-hydrogen) atoms. The molecule has 0 aromatic heterocycles. The zero-order valence-corrected chi connectivity index (χ0v) is 12.6. The summed E-state index contributed by atoms with van der Waals surface area (Å²) in [6.07, 6.45) is 4.35. The molecule has 2 nitrogen and oxygen atoms in total. The average molecular weight is 240 g/mol. The van der Waals surface area contributed by atoms with Crippen LogP contribution in [0, 0.1) is 0 Å². The first-order chi connectivity index (χ1) is 7.98. The molecule has 0 aliphatic carbocycles. The van der Waals surface area contributed by atoms with Gasteiger partial charge in [-0.3, -0.25) is 4.90 Å². The fraction of sp³-hybridized carbons (Fsp3) is 0.867. The highest BCUT2D eigenvalue weighted by atomic mass is 15.2. The second kappa shape index (κ2) is 7.88. The SMILES string of the molecule is C=C(C)CCC(N)C(CC)(CC)N(CC)CC. The molecule has 1 unspecified atom stereocenters. The van der Waals surface area contributed by atoms with E-state index in [1.54, 1.807) is 0 Å². The zero-order valence-electron chi connectivity index (χ0n) is 12.6. The summed E-state index contributed by atoms with van der Waals surface area (Å²) in [6.45, 7) is 17.2. The Kier molecular flexibility index (Phi) is 7.73. The quantitative estimate of drug-likeness (QED) is 0.624. The third kappa shape index (κ3) is 4.11. The Morgan fingerprint density at radius 2 is 1.65 bits per heavy atom. The summed E-state index contributed by atoms with van der Waals surface area (Å²) < 4.78 is 0. The number of hydrogen-bond donors (Lipinski definition) is 1. The van der Waals surface area contributed by atoms with E-state index < -0.39 is 0 Å². The van der Waals surface area contributed by atoms with Gasteiger partial charge in [0.25, 0.3) is 0 Å². The van der Waals surface area contributed by atoms with Gasteiger partial charge in [-0.25, -0.2) is 0 Å². The van der Waals surface area contributed by atoms with Gasteiger partial charge in [-0.15, -0.1) is 6.58 Å². The largest absolute Gasteiger partial charge is 0.326 e. The molecule has 0 aliphatic rings. The van der Waals surface area contributed by atoms with Crippen LogP contribution in [0.4, 0.5) is 0 Å². The first kappa shape index (κ1) is 16.7. The normalized spacial score (nSPS) is 14.1. The molecule has 0 spiro atoms. The number of allylic oxidation sites excluding steroid dienone is 1. The molecule has 2 N–H and O–H groups in total. The topological polar surface area (TPSA) is 29.3 Å². The fourth-order valence-electron chi connectivity index (χ4n) is 2.98. The average Bonchev–Trinajstić information content (AvgIpc) is 2.33. The van der Waals surface area contributed by atoms with Gasteiger partial charge in [0, 0.05) is 11.6 Å². The van der Waals surface area contributed by atoms with Crippen LogP contribution >= 0.6 is 0 Å². The van der Waals surface area contributed by atoms with Gasteiger partial charge in [0.15, 0.2) is 0 Å². The number of likely N-dealkylation sites (N-methyl/N-ethyl adjacent to an activating group) is 1. The number of hydrogen-bond acceptors (Lipinski definition) is 2. The van der Waals surface area contributed by atoms with Crippen LogP contribution in [-0.4, -0.2) is 29.6 Å². The van der Waals surface area contributed by atoms with Crippen LogP contribution in [0.5, 0.6) is 0 Å². The van der Waals surface area contributed by atoms with E-state index in [0.717, 1.165) is 38.8 Å². The van der Waals surface area contributed by atoms with Crippen LogP contribution in [0.2, 0.25) is 0 Å². The lowest BCUT2D eigenvalue weighted by molar-refractivity contribution is 0.0601. The standard InChI is InChI=1S/C15H32N2/c1-7-15(8-2,17(9-3)10-4)14(16)12-11-13(5)6/h14H,5,7-12,16H2,1-4,6H3. The van der Waals surface area contributed by atoms with E-state index in [2.05, 4.69) is 46.1 Å². The van der Waals surface area contributed by atoms with Crippen molar-refractivity contribution in [1.82, 2.24) is 4.90 Å². The minimum absolute atomic E-state index is 0.166. The van der Waals surface area contributed by atoms with E-state index in [1.165, 1.54) is 5.57 Å². The highest BCUT2D eigenvalue weighted by Crippen LogP contribution is 2.29. The van der Waals surface area contributed by atoms with Crippen LogP contribution in [0.1, 0.15) is 60.3 Å². The van der Waals surface area contributed by atoms with Crippen molar-refractivity contribution in [3.63, 3.8) is 0 Å². The molecule has 0 saturated carbocycles. The molecule has 0 amide bonds. The highest BCUT2D eigenvalue weighted by Gasteiger charge is 2.37. The maximum atomic E-state index is 6.49. The number of nitrogens with zero attached hydrogens (tertiary/aromatic N) is 1. The zero-order chi connectivity index (χ0) is 13.5. The predicted octanol–water partition coefficient (Wildman–Crippen LogP) is 3.57. The van der Waals surface area contributed by atoms with Crippen molar-refractivity contribution >= 4 is 0 Å². The maximum Gasteiger partial charge on any atom is 0.0355 e. The van der Waals surface area contributed by atoms with Crippen molar-refractivity contribution in [2.75, 3.05) is 13.1 Å². The van der Waals surface area contributed by atoms with Gasteiger partial charge >= 0.3 is 0 Å². The molecule has 0 saturated heterocycles. The summed E-state index contributed by atoms with van der Waals surface area (Å²) in [5.41, 5.74) is 7.89. The monoisotopic (exact) mass is 240 g/mol. The van der Waals surface area contributed by atoms with Crippen molar-refractivity contribution in [3.8, 4) is 0 Å². The molecule has 0 heterocycles. The van der Waals surface area contributed by atoms with E-state index in [1.807, 2.05) is 0 Å². The molecular formula is C15H32N2. The molecule has 0 bridgehead atoms. The van der Waals surface area contributed by atoms with E-state index in [-0.39, 0.29) is 11.6 Å². The van der Waals surface area contributed by atoms with E-state index in [9.17, 15) is 0 Å². The van der Waals surface area contributed by atoms with Crippen molar-refractivity contribution in [2.24, 2.45) is 5.73 Å². The smallest absolute Gasteiger partial charge is 0.0355 e. The fourth-order valence-corrected chi connectivity index (χ4v) is 2.98. The lowest BCUT2D eigenvalue weighted by Gasteiger charge is -2.46. The van der Waals surface area contributed by atoms with Gasteiger partial charge in [-0.1, -0.05) is 33.3 Å². The molecule has 0 aliphatic heterocycles. The van der Waals surface area contributed by atoms with Gasteiger partial charge in [0.05, 0.1) is 0 Å². The maximum absolute atomic E-state index is 6.49. The molecular weight excluding hydrogens is 208 g/mol. The number of rotatable bonds is 9. The Labute approximate surface area is 108 Å². The first-order valence-corrected chi connectivity index (χ1v) is 7.13. The molecule has 1 atom stereocenters. The highest BCUT2D eigenvalue weighted by molar-refractivity contribution is 4.99. The Bertz CT molecular complexity index is 215. The van der Waals surface area contributed by atoms with Crippen molar-refractivity contribution in [3.05, 3.63) is 12.2 Å². The molecule has 0 aromatic carbocycles. The minimum Gasteiger partial charge on any atom is -0.326 e. The minimum atomic E-state index is 0.166. The second-order valence-corrected chi connectivity index (χ2v) is 5.09. The summed E-state index contributed by atoms with van der Waals surface area (Å²) in [5, 5.41) is 0. The van der Waals surface area contributed by atoms with Gasteiger partial charge < -0.3 is 5.73 Å². The third-order valence-corrected chi connectivity index (χ3v) is 4.19. The van der Waals surface area contributed by atoms with Crippen LogP contribution in [-0.2, 0) is 0 Å². The Morgan fingerprint density at radius 1 is 1.18 bits per heavy atom. The van der Waals surface area contributed by atoms with Crippen LogP contribution in [0.3, 0.4) is 0 Å².